The highest BCUT2D eigenvalue weighted by Gasteiger charge is 2.24. The van der Waals surface area contributed by atoms with Crippen LogP contribution in [0, 0.1) is 5.92 Å². The number of amides is 1. The zero-order valence-electron chi connectivity index (χ0n) is 13.1. The van der Waals surface area contributed by atoms with Crippen LogP contribution in [0.4, 0.5) is 5.82 Å². The molecule has 0 saturated carbocycles. The Bertz CT molecular complexity index is 661. The van der Waals surface area contributed by atoms with Crippen LogP contribution in [0.25, 0.3) is 0 Å². The van der Waals surface area contributed by atoms with E-state index in [4.69, 9.17) is 5.73 Å². The minimum Gasteiger partial charge on any atom is -0.382 e. The molecule has 0 spiro atoms. The summed E-state index contributed by atoms with van der Waals surface area (Å²) in [5.41, 5.74) is 7.66. The van der Waals surface area contributed by atoms with Crippen LogP contribution in [0.1, 0.15) is 24.1 Å². The molecule has 120 valence electrons. The number of nitrogen functional groups attached to an aromatic ring is 1. The minimum atomic E-state index is 0.162. The van der Waals surface area contributed by atoms with Gasteiger partial charge in [-0.25, -0.2) is 4.98 Å². The number of rotatable bonds is 4. The first kappa shape index (κ1) is 15.4. The molecular formula is C17H21N5O. The van der Waals surface area contributed by atoms with E-state index in [1.165, 1.54) is 0 Å². The second-order valence-electron chi connectivity index (χ2n) is 5.98. The van der Waals surface area contributed by atoms with E-state index in [1.807, 2.05) is 17.0 Å². The van der Waals surface area contributed by atoms with Crippen molar-refractivity contribution in [1.29, 1.82) is 0 Å². The van der Waals surface area contributed by atoms with Crippen molar-refractivity contribution in [3.05, 3.63) is 48.2 Å². The van der Waals surface area contributed by atoms with Gasteiger partial charge in [-0.2, -0.15) is 0 Å². The maximum atomic E-state index is 12.5. The maximum Gasteiger partial charge on any atom is 0.227 e. The molecule has 23 heavy (non-hydrogen) atoms. The summed E-state index contributed by atoms with van der Waals surface area (Å²) in [5.74, 6) is 1.04. The molecular weight excluding hydrogens is 290 g/mol. The Hall–Kier alpha value is -2.50. The molecule has 0 bridgehead atoms. The Morgan fingerprint density at radius 2 is 2.17 bits per heavy atom. The van der Waals surface area contributed by atoms with Gasteiger partial charge in [-0.05, 0) is 36.8 Å². The van der Waals surface area contributed by atoms with Gasteiger partial charge in [0.05, 0.1) is 12.1 Å². The number of nitrogens with zero attached hydrogens (tertiary/aromatic N) is 4. The van der Waals surface area contributed by atoms with Crippen molar-refractivity contribution in [1.82, 2.24) is 19.9 Å². The molecule has 3 heterocycles. The van der Waals surface area contributed by atoms with Crippen LogP contribution < -0.4 is 5.73 Å². The molecule has 1 atom stereocenters. The number of likely N-dealkylation sites (tertiary alicyclic amines) is 1. The van der Waals surface area contributed by atoms with E-state index in [0.717, 1.165) is 43.6 Å². The monoisotopic (exact) mass is 311 g/mol. The summed E-state index contributed by atoms with van der Waals surface area (Å²) in [4.78, 5) is 26.9. The van der Waals surface area contributed by atoms with E-state index < -0.39 is 0 Å². The third-order valence-electron chi connectivity index (χ3n) is 4.24. The lowest BCUT2D eigenvalue weighted by Crippen LogP contribution is -2.41. The largest absolute Gasteiger partial charge is 0.382 e. The topological polar surface area (TPSA) is 85.0 Å². The van der Waals surface area contributed by atoms with Crippen molar-refractivity contribution in [3.8, 4) is 0 Å². The summed E-state index contributed by atoms with van der Waals surface area (Å²) in [5, 5.41) is 0. The van der Waals surface area contributed by atoms with Crippen molar-refractivity contribution in [2.45, 2.75) is 25.7 Å². The molecule has 0 unspecified atom stereocenters. The minimum absolute atomic E-state index is 0.162. The second kappa shape index (κ2) is 7.17. The molecule has 0 aromatic carbocycles. The standard InChI is InChI=1S/C17H21N5O/c18-17-15(20-6-7-21-17)9-14-4-2-8-22(12-14)16(23)10-13-3-1-5-19-11-13/h1,3,5-7,11,14H,2,4,8-10,12H2,(H2,18,21)/t14-/m1/s1. The maximum absolute atomic E-state index is 12.5. The van der Waals surface area contributed by atoms with Crippen molar-refractivity contribution in [2.75, 3.05) is 18.8 Å². The lowest BCUT2D eigenvalue weighted by Gasteiger charge is -2.33. The normalized spacial score (nSPS) is 17.9. The van der Waals surface area contributed by atoms with Gasteiger partial charge in [0.2, 0.25) is 5.91 Å². The van der Waals surface area contributed by atoms with Gasteiger partial charge < -0.3 is 10.6 Å². The highest BCUT2D eigenvalue weighted by Crippen LogP contribution is 2.22. The Morgan fingerprint density at radius 3 is 2.96 bits per heavy atom. The number of anilines is 1. The third-order valence-corrected chi connectivity index (χ3v) is 4.24. The van der Waals surface area contributed by atoms with Gasteiger partial charge in [-0.15, -0.1) is 0 Å². The van der Waals surface area contributed by atoms with E-state index in [-0.39, 0.29) is 5.91 Å². The predicted octanol–water partition coefficient (Wildman–Crippen LogP) is 1.48. The summed E-state index contributed by atoms with van der Waals surface area (Å²) in [7, 11) is 0. The molecule has 1 amide bonds. The number of aromatic nitrogens is 3. The molecule has 1 aliphatic rings. The number of hydrogen-bond acceptors (Lipinski definition) is 5. The van der Waals surface area contributed by atoms with Gasteiger partial charge in [0.15, 0.2) is 0 Å². The second-order valence-corrected chi connectivity index (χ2v) is 5.98. The number of pyridine rings is 1. The summed E-state index contributed by atoms with van der Waals surface area (Å²) < 4.78 is 0. The lowest BCUT2D eigenvalue weighted by atomic mass is 9.93. The molecule has 0 aliphatic carbocycles. The van der Waals surface area contributed by atoms with Crippen LogP contribution in [0.3, 0.4) is 0 Å². The van der Waals surface area contributed by atoms with E-state index in [2.05, 4.69) is 15.0 Å². The molecule has 2 N–H and O–H groups in total. The number of nitrogens with two attached hydrogens (primary N) is 1. The van der Waals surface area contributed by atoms with Gasteiger partial charge in [0.25, 0.3) is 0 Å². The van der Waals surface area contributed by atoms with E-state index in [1.54, 1.807) is 24.8 Å². The van der Waals surface area contributed by atoms with Crippen molar-refractivity contribution < 1.29 is 4.79 Å². The first-order chi connectivity index (χ1) is 11.2. The van der Waals surface area contributed by atoms with Crippen LogP contribution in [0.2, 0.25) is 0 Å². The fraction of sp³-hybridized carbons (Fsp3) is 0.412. The molecule has 1 aliphatic heterocycles. The third kappa shape index (κ3) is 4.03. The highest BCUT2D eigenvalue weighted by molar-refractivity contribution is 5.78. The molecule has 1 fully saturated rings. The average Bonchev–Trinajstić information content (AvgIpc) is 2.58. The smallest absolute Gasteiger partial charge is 0.227 e. The van der Waals surface area contributed by atoms with Crippen molar-refractivity contribution >= 4 is 11.7 Å². The molecule has 2 aromatic heterocycles. The Labute approximate surface area is 135 Å². The first-order valence-electron chi connectivity index (χ1n) is 7.94. The quantitative estimate of drug-likeness (QED) is 0.924. The molecule has 6 heteroatoms. The summed E-state index contributed by atoms with van der Waals surface area (Å²) >= 11 is 0. The SMILES string of the molecule is Nc1nccnc1C[C@H]1CCCN(C(=O)Cc2cccnc2)C1. The number of piperidine rings is 1. The van der Waals surface area contributed by atoms with Gasteiger partial charge >= 0.3 is 0 Å². The summed E-state index contributed by atoms with van der Waals surface area (Å²) in [6.07, 6.45) is 10.0. The van der Waals surface area contributed by atoms with Gasteiger partial charge in [0.1, 0.15) is 5.82 Å². The Morgan fingerprint density at radius 1 is 1.30 bits per heavy atom. The Balaban J connectivity index is 1.59. The van der Waals surface area contributed by atoms with E-state index >= 15 is 0 Å². The number of hydrogen-bond donors (Lipinski definition) is 1. The average molecular weight is 311 g/mol. The molecule has 0 radical (unpaired) electrons. The van der Waals surface area contributed by atoms with Gasteiger partial charge in [-0.1, -0.05) is 6.07 Å². The molecule has 2 aromatic rings. The zero-order chi connectivity index (χ0) is 16.1. The fourth-order valence-corrected chi connectivity index (χ4v) is 3.06. The Kier molecular flexibility index (Phi) is 4.80. The van der Waals surface area contributed by atoms with Crippen molar-refractivity contribution in [2.24, 2.45) is 5.92 Å². The molecule has 3 rings (SSSR count). The van der Waals surface area contributed by atoms with Gasteiger partial charge in [-0.3, -0.25) is 14.8 Å². The van der Waals surface area contributed by atoms with E-state index in [0.29, 0.717) is 18.2 Å². The number of carbonyl (C=O) groups is 1. The van der Waals surface area contributed by atoms with Gasteiger partial charge in [0, 0.05) is 37.9 Å². The van der Waals surface area contributed by atoms with Crippen LogP contribution in [-0.2, 0) is 17.6 Å². The van der Waals surface area contributed by atoms with Crippen LogP contribution in [0.15, 0.2) is 36.9 Å². The summed E-state index contributed by atoms with van der Waals surface area (Å²) in [6.45, 7) is 1.58. The zero-order valence-corrected chi connectivity index (χ0v) is 13.1. The highest BCUT2D eigenvalue weighted by atomic mass is 16.2. The molecule has 6 nitrogen and oxygen atoms in total. The first-order valence-corrected chi connectivity index (χ1v) is 7.94. The van der Waals surface area contributed by atoms with Crippen LogP contribution in [0.5, 0.6) is 0 Å². The van der Waals surface area contributed by atoms with E-state index in [9.17, 15) is 4.79 Å². The lowest BCUT2D eigenvalue weighted by molar-refractivity contribution is -0.132. The van der Waals surface area contributed by atoms with Crippen LogP contribution in [-0.4, -0.2) is 38.8 Å². The predicted molar refractivity (Wildman–Crippen MR) is 87.4 cm³/mol. The fourth-order valence-electron chi connectivity index (χ4n) is 3.06. The van der Waals surface area contributed by atoms with Crippen molar-refractivity contribution in [3.63, 3.8) is 0 Å². The van der Waals surface area contributed by atoms with Crippen LogP contribution >= 0.6 is 0 Å². The summed E-state index contributed by atoms with van der Waals surface area (Å²) in [6, 6.07) is 3.80. The number of carbonyl (C=O) groups excluding carboxylic acids is 1. The molecule has 1 saturated heterocycles.